The number of nitrogens with one attached hydrogen (secondary N) is 1. The number of carbonyl (C=O) groups is 1. The van der Waals surface area contributed by atoms with E-state index in [4.69, 9.17) is 15.5 Å². The lowest BCUT2D eigenvalue weighted by atomic mass is 9.84. The largest absolute Gasteiger partial charge is 0.469 e. The Bertz CT molecular complexity index is 1440. The molecule has 3 aromatic rings. The number of aliphatic hydroxyl groups is 1. The summed E-state index contributed by atoms with van der Waals surface area (Å²) < 4.78 is 59.4. The normalized spacial score (nSPS) is 20.2. The van der Waals surface area contributed by atoms with Crippen LogP contribution in [-0.2, 0) is 9.09 Å². The van der Waals surface area contributed by atoms with E-state index >= 15 is 4.39 Å². The number of nitrogen functional groups attached to an aromatic ring is 1. The van der Waals surface area contributed by atoms with Crippen LogP contribution in [0.3, 0.4) is 0 Å². The monoisotopic (exact) mass is 692 g/mol. The van der Waals surface area contributed by atoms with Crippen LogP contribution < -0.4 is 11.1 Å². The SMILES string of the molecule is Nc1ncc([C@@H]2CC[C@@H](O)[C@H](F)C2)nc1-c1ccc(C(=O)N[C@@H](COP(=O)(O)O)c2cc(F)cc(I)c2)c(F)c1. The van der Waals surface area contributed by atoms with Gasteiger partial charge in [0.25, 0.3) is 5.91 Å². The zero-order chi connectivity index (χ0) is 29.2. The first-order valence-corrected chi connectivity index (χ1v) is 14.6. The maximum atomic E-state index is 15.2. The van der Waals surface area contributed by atoms with Crippen LogP contribution in [0.2, 0.25) is 0 Å². The maximum absolute atomic E-state index is 15.2. The Morgan fingerprint density at radius 2 is 1.98 bits per heavy atom. The van der Waals surface area contributed by atoms with Crippen LogP contribution in [-0.4, -0.2) is 49.7 Å². The number of halogens is 4. The number of rotatable bonds is 8. The molecule has 1 aliphatic rings. The third-order valence-corrected chi connectivity index (χ3v) is 7.57. The highest BCUT2D eigenvalue weighted by molar-refractivity contribution is 14.1. The Morgan fingerprint density at radius 3 is 2.62 bits per heavy atom. The number of alkyl halides is 1. The van der Waals surface area contributed by atoms with Crippen LogP contribution in [0.4, 0.5) is 19.0 Å². The van der Waals surface area contributed by atoms with Crippen LogP contribution in [0.15, 0.2) is 42.6 Å². The van der Waals surface area contributed by atoms with Gasteiger partial charge in [-0.3, -0.25) is 9.32 Å². The van der Waals surface area contributed by atoms with E-state index in [9.17, 15) is 23.2 Å². The molecule has 4 atom stereocenters. The second kappa shape index (κ2) is 12.5. The van der Waals surface area contributed by atoms with Gasteiger partial charge in [-0.2, -0.15) is 0 Å². The number of anilines is 1. The van der Waals surface area contributed by atoms with Gasteiger partial charge in [0.2, 0.25) is 0 Å². The van der Waals surface area contributed by atoms with E-state index in [-0.39, 0.29) is 41.4 Å². The van der Waals surface area contributed by atoms with E-state index in [1.807, 2.05) is 22.6 Å². The highest BCUT2D eigenvalue weighted by atomic mass is 127. The van der Waals surface area contributed by atoms with Crippen molar-refractivity contribution in [3.05, 3.63) is 74.6 Å². The van der Waals surface area contributed by atoms with Gasteiger partial charge in [0.1, 0.15) is 29.3 Å². The summed E-state index contributed by atoms with van der Waals surface area (Å²) in [5.41, 5.74) is 6.48. The van der Waals surface area contributed by atoms with Gasteiger partial charge >= 0.3 is 7.82 Å². The van der Waals surface area contributed by atoms with Gasteiger partial charge in [-0.25, -0.2) is 27.7 Å². The summed E-state index contributed by atoms with van der Waals surface area (Å²) in [6.45, 7) is -0.716. The first-order valence-electron chi connectivity index (χ1n) is 12.0. The molecule has 0 aliphatic heterocycles. The van der Waals surface area contributed by atoms with Crippen molar-refractivity contribution in [2.45, 2.75) is 43.5 Å². The molecule has 0 bridgehead atoms. The van der Waals surface area contributed by atoms with Crippen molar-refractivity contribution >= 4 is 42.1 Å². The van der Waals surface area contributed by atoms with Crippen molar-refractivity contribution in [3.63, 3.8) is 0 Å². The molecule has 1 heterocycles. The zero-order valence-electron chi connectivity index (χ0n) is 20.7. The molecule has 40 heavy (non-hydrogen) atoms. The summed E-state index contributed by atoms with van der Waals surface area (Å²) in [7, 11) is -4.93. The number of aliphatic hydroxyl groups excluding tert-OH is 1. The molecule has 1 amide bonds. The first-order chi connectivity index (χ1) is 18.8. The van der Waals surface area contributed by atoms with Crippen molar-refractivity contribution < 1.29 is 41.9 Å². The summed E-state index contributed by atoms with van der Waals surface area (Å²) >= 11 is 1.83. The Morgan fingerprint density at radius 1 is 1.23 bits per heavy atom. The number of aromatic nitrogens is 2. The molecular weight excluding hydrogens is 667 g/mol. The van der Waals surface area contributed by atoms with Crippen LogP contribution >= 0.6 is 30.4 Å². The fraction of sp³-hybridized carbons (Fsp3) is 0.320. The lowest BCUT2D eigenvalue weighted by molar-refractivity contribution is 0.0363. The maximum Gasteiger partial charge on any atom is 0.469 e. The van der Waals surface area contributed by atoms with Gasteiger partial charge < -0.3 is 25.9 Å². The highest BCUT2D eigenvalue weighted by Crippen LogP contribution is 2.38. The van der Waals surface area contributed by atoms with E-state index in [0.717, 1.165) is 12.1 Å². The molecule has 0 spiro atoms. The molecule has 1 aromatic heterocycles. The molecule has 1 saturated carbocycles. The quantitative estimate of drug-likeness (QED) is 0.172. The molecule has 1 fully saturated rings. The first kappa shape index (κ1) is 30.3. The predicted octanol–water partition coefficient (Wildman–Crippen LogP) is 4.16. The Hall–Kier alpha value is -2.62. The molecular formula is C25H25F3IN4O6P. The summed E-state index contributed by atoms with van der Waals surface area (Å²) in [5.74, 6) is -2.89. The number of hydrogen-bond donors (Lipinski definition) is 5. The second-order valence-corrected chi connectivity index (χ2v) is 11.8. The van der Waals surface area contributed by atoms with Crippen molar-refractivity contribution in [2.75, 3.05) is 12.3 Å². The molecule has 214 valence electrons. The molecule has 15 heteroatoms. The van der Waals surface area contributed by atoms with Gasteiger partial charge in [0.15, 0.2) is 0 Å². The molecule has 0 unspecified atom stereocenters. The van der Waals surface area contributed by atoms with Gasteiger partial charge in [-0.05, 0) is 77.7 Å². The number of phosphoric ester groups is 1. The lowest BCUT2D eigenvalue weighted by Gasteiger charge is -2.28. The van der Waals surface area contributed by atoms with E-state index in [0.29, 0.717) is 15.7 Å². The Labute approximate surface area is 240 Å². The topological polar surface area (TPSA) is 168 Å². The standard InChI is InChI=1S/C25H25F3IN4O6P/c26-15-5-14(6-16(29)9-15)21(11-39-40(36,37)38)33-25(35)17-3-1-13(8-18(17)27)23-24(30)31-10-20(32-23)12-2-4-22(34)19(28)7-12/h1,3,5-6,8-10,12,19,21-22,34H,2,4,7,11H2,(H2,30,31)(H,33,35)(H2,36,37,38)/t12-,19-,21+,22-/m1/s1. The van der Waals surface area contributed by atoms with Crippen molar-refractivity contribution in [2.24, 2.45) is 0 Å². The third kappa shape index (κ3) is 7.56. The van der Waals surface area contributed by atoms with Crippen molar-refractivity contribution in [3.8, 4) is 11.3 Å². The Kier molecular flexibility index (Phi) is 9.47. The number of benzene rings is 2. The van der Waals surface area contributed by atoms with Gasteiger partial charge in [-0.15, -0.1) is 0 Å². The number of nitrogens with zero attached hydrogens (tertiary/aromatic N) is 2. The fourth-order valence-electron chi connectivity index (χ4n) is 4.44. The number of carbonyl (C=O) groups excluding carboxylic acids is 1. The predicted molar refractivity (Wildman–Crippen MR) is 147 cm³/mol. The Balaban J connectivity index is 1.58. The molecule has 0 radical (unpaired) electrons. The average Bonchev–Trinajstić information content (AvgIpc) is 2.87. The van der Waals surface area contributed by atoms with E-state index in [1.165, 1.54) is 30.5 Å². The van der Waals surface area contributed by atoms with E-state index < -0.39 is 55.9 Å². The van der Waals surface area contributed by atoms with Gasteiger partial charge in [0.05, 0.1) is 36.2 Å². The minimum atomic E-state index is -4.93. The highest BCUT2D eigenvalue weighted by Gasteiger charge is 2.31. The number of amides is 1. The molecule has 2 aromatic carbocycles. The average molecular weight is 692 g/mol. The van der Waals surface area contributed by atoms with Crippen molar-refractivity contribution in [1.82, 2.24) is 15.3 Å². The lowest BCUT2D eigenvalue weighted by Crippen LogP contribution is -2.32. The summed E-state index contributed by atoms with van der Waals surface area (Å²) in [6, 6.07) is 6.09. The summed E-state index contributed by atoms with van der Waals surface area (Å²) in [6.07, 6.45) is -0.199. The summed E-state index contributed by atoms with van der Waals surface area (Å²) in [5, 5.41) is 12.1. The van der Waals surface area contributed by atoms with Crippen molar-refractivity contribution in [1.29, 1.82) is 0 Å². The van der Waals surface area contributed by atoms with Crippen LogP contribution in [0.1, 0.15) is 52.8 Å². The molecule has 0 saturated heterocycles. The van der Waals surface area contributed by atoms with Crippen LogP contribution in [0.25, 0.3) is 11.3 Å². The zero-order valence-corrected chi connectivity index (χ0v) is 23.7. The molecule has 6 N–H and O–H groups in total. The smallest absolute Gasteiger partial charge is 0.390 e. The second-order valence-electron chi connectivity index (χ2n) is 9.33. The van der Waals surface area contributed by atoms with E-state index in [2.05, 4.69) is 19.8 Å². The molecule has 10 nitrogen and oxygen atoms in total. The fourth-order valence-corrected chi connectivity index (χ4v) is 5.44. The minimum absolute atomic E-state index is 0.0108. The van der Waals surface area contributed by atoms with Crippen LogP contribution in [0.5, 0.6) is 0 Å². The number of nitrogens with two attached hydrogens (primary N) is 1. The minimum Gasteiger partial charge on any atom is -0.390 e. The third-order valence-electron chi connectivity index (χ3n) is 6.46. The summed E-state index contributed by atoms with van der Waals surface area (Å²) in [4.78, 5) is 39.7. The van der Waals surface area contributed by atoms with Gasteiger partial charge in [-0.1, -0.05) is 6.07 Å². The molecule has 4 rings (SSSR count). The molecule has 1 aliphatic carbocycles. The van der Waals surface area contributed by atoms with Crippen LogP contribution in [0, 0.1) is 15.2 Å². The van der Waals surface area contributed by atoms with Gasteiger partial charge in [0, 0.05) is 15.1 Å². The number of hydrogen-bond acceptors (Lipinski definition) is 7. The number of phosphoric acid groups is 1. The van der Waals surface area contributed by atoms with E-state index in [1.54, 1.807) is 0 Å².